The van der Waals surface area contributed by atoms with E-state index in [1.165, 1.54) is 6.42 Å². The van der Waals surface area contributed by atoms with E-state index in [0.717, 1.165) is 43.9 Å². The Morgan fingerprint density at radius 2 is 2.04 bits per heavy atom. The summed E-state index contributed by atoms with van der Waals surface area (Å²) in [7, 11) is 0. The summed E-state index contributed by atoms with van der Waals surface area (Å²) in [4.78, 5) is 14.6. The lowest BCUT2D eigenvalue weighted by Crippen LogP contribution is -2.56. The number of fused-ring (bicyclic) bond motifs is 1. The molecule has 1 saturated carbocycles. The van der Waals surface area contributed by atoms with Gasteiger partial charge in [0.05, 0.1) is 6.17 Å². The zero-order valence-electron chi connectivity index (χ0n) is 14.2. The molecule has 5 nitrogen and oxygen atoms in total. The highest BCUT2D eigenvalue weighted by Crippen LogP contribution is 2.32. The molecular weight excluding hydrogens is 304 g/mol. The van der Waals surface area contributed by atoms with Gasteiger partial charge in [0, 0.05) is 19.0 Å². The van der Waals surface area contributed by atoms with Gasteiger partial charge < -0.3 is 14.8 Å². The van der Waals surface area contributed by atoms with Crippen LogP contribution in [-0.4, -0.2) is 42.8 Å². The van der Waals surface area contributed by atoms with Gasteiger partial charge in [-0.25, -0.2) is 0 Å². The molecule has 3 atom stereocenters. The molecule has 1 N–H and O–H groups in total. The van der Waals surface area contributed by atoms with Crippen LogP contribution in [0.25, 0.3) is 0 Å². The molecule has 0 radical (unpaired) electrons. The number of carbonyl (C=O) groups excluding carboxylic acids is 1. The van der Waals surface area contributed by atoms with E-state index in [2.05, 4.69) is 17.1 Å². The van der Waals surface area contributed by atoms with E-state index in [0.29, 0.717) is 12.5 Å². The van der Waals surface area contributed by atoms with Gasteiger partial charge in [0.25, 0.3) is 0 Å². The number of piperidine rings is 1. The number of nitrogens with one attached hydrogen (secondary N) is 1. The SMILES string of the molecule is CC1CCN(CC2COc3ccccc3O2)[C@H](NC(=O)C2CC2)C1. The van der Waals surface area contributed by atoms with Crippen LogP contribution in [0.1, 0.15) is 32.6 Å². The number of para-hydroxylation sites is 2. The van der Waals surface area contributed by atoms with Crippen molar-refractivity contribution in [3.05, 3.63) is 24.3 Å². The lowest BCUT2D eigenvalue weighted by Gasteiger charge is -2.41. The maximum Gasteiger partial charge on any atom is 0.224 e. The second-order valence-electron chi connectivity index (χ2n) is 7.42. The number of ether oxygens (including phenoxy) is 2. The molecule has 2 fully saturated rings. The summed E-state index contributed by atoms with van der Waals surface area (Å²) in [5.41, 5.74) is 0. The van der Waals surface area contributed by atoms with Gasteiger partial charge in [0.2, 0.25) is 5.91 Å². The Bertz CT molecular complexity index is 602. The molecule has 1 amide bonds. The molecule has 2 aliphatic heterocycles. The van der Waals surface area contributed by atoms with Gasteiger partial charge in [-0.1, -0.05) is 19.1 Å². The molecule has 3 aliphatic rings. The van der Waals surface area contributed by atoms with E-state index in [4.69, 9.17) is 9.47 Å². The second-order valence-corrected chi connectivity index (χ2v) is 7.42. The Kier molecular flexibility index (Phi) is 4.35. The molecule has 0 spiro atoms. The van der Waals surface area contributed by atoms with E-state index >= 15 is 0 Å². The zero-order chi connectivity index (χ0) is 16.5. The van der Waals surface area contributed by atoms with Crippen molar-refractivity contribution in [2.45, 2.75) is 44.9 Å². The molecule has 130 valence electrons. The maximum atomic E-state index is 12.2. The van der Waals surface area contributed by atoms with E-state index in [1.54, 1.807) is 0 Å². The third-order valence-electron chi connectivity index (χ3n) is 5.24. The number of benzene rings is 1. The number of hydrogen-bond acceptors (Lipinski definition) is 4. The number of hydrogen-bond donors (Lipinski definition) is 1. The number of carbonyl (C=O) groups is 1. The molecular formula is C19H26N2O3. The van der Waals surface area contributed by atoms with Gasteiger partial charge in [0.15, 0.2) is 11.5 Å². The number of nitrogens with zero attached hydrogens (tertiary/aromatic N) is 1. The summed E-state index contributed by atoms with van der Waals surface area (Å²) in [6, 6.07) is 7.81. The standard InChI is InChI=1S/C19H26N2O3/c1-13-8-9-21(18(10-13)20-19(22)14-6-7-14)11-15-12-23-16-4-2-3-5-17(16)24-15/h2-5,13-15,18H,6-12H2,1H3,(H,20,22)/t13?,15?,18-/m0/s1. The van der Waals surface area contributed by atoms with Gasteiger partial charge in [-0.2, -0.15) is 0 Å². The third kappa shape index (κ3) is 3.51. The van der Waals surface area contributed by atoms with E-state index in [1.807, 2.05) is 24.3 Å². The molecule has 2 unspecified atom stereocenters. The topological polar surface area (TPSA) is 50.8 Å². The lowest BCUT2D eigenvalue weighted by atomic mass is 9.96. The average Bonchev–Trinajstić information content (AvgIpc) is 3.42. The molecule has 1 saturated heterocycles. The fourth-order valence-corrected chi connectivity index (χ4v) is 3.60. The highest BCUT2D eigenvalue weighted by molar-refractivity contribution is 5.81. The summed E-state index contributed by atoms with van der Waals surface area (Å²) in [5, 5.41) is 3.26. The average molecular weight is 330 g/mol. The van der Waals surface area contributed by atoms with E-state index in [-0.39, 0.29) is 24.1 Å². The first-order chi connectivity index (χ1) is 11.7. The van der Waals surface area contributed by atoms with Gasteiger partial charge in [-0.05, 0) is 43.7 Å². The summed E-state index contributed by atoms with van der Waals surface area (Å²) < 4.78 is 11.9. The van der Waals surface area contributed by atoms with Gasteiger partial charge >= 0.3 is 0 Å². The van der Waals surface area contributed by atoms with Crippen LogP contribution in [0, 0.1) is 11.8 Å². The predicted octanol–water partition coefficient (Wildman–Crippen LogP) is 2.41. The molecule has 4 rings (SSSR count). The molecule has 2 heterocycles. The van der Waals surface area contributed by atoms with Gasteiger partial charge in [-0.15, -0.1) is 0 Å². The molecule has 1 aliphatic carbocycles. The minimum atomic E-state index is 0.00799. The van der Waals surface area contributed by atoms with Crippen LogP contribution in [0.5, 0.6) is 11.5 Å². The summed E-state index contributed by atoms with van der Waals surface area (Å²) in [6.07, 6.45) is 4.41. The first kappa shape index (κ1) is 15.8. The monoisotopic (exact) mass is 330 g/mol. The number of rotatable bonds is 4. The highest BCUT2D eigenvalue weighted by Gasteiger charge is 2.35. The maximum absolute atomic E-state index is 12.2. The number of likely N-dealkylation sites (tertiary alicyclic amines) is 1. The van der Waals surface area contributed by atoms with Crippen molar-refractivity contribution in [3.63, 3.8) is 0 Å². The van der Waals surface area contributed by atoms with Crippen molar-refractivity contribution in [1.82, 2.24) is 10.2 Å². The largest absolute Gasteiger partial charge is 0.486 e. The van der Waals surface area contributed by atoms with E-state index < -0.39 is 0 Å². The highest BCUT2D eigenvalue weighted by atomic mass is 16.6. The van der Waals surface area contributed by atoms with Crippen molar-refractivity contribution in [3.8, 4) is 11.5 Å². The third-order valence-corrected chi connectivity index (χ3v) is 5.24. The Labute approximate surface area is 143 Å². The fourth-order valence-electron chi connectivity index (χ4n) is 3.60. The predicted molar refractivity (Wildman–Crippen MR) is 91.0 cm³/mol. The fraction of sp³-hybridized carbons (Fsp3) is 0.632. The van der Waals surface area contributed by atoms with Crippen molar-refractivity contribution in [2.75, 3.05) is 19.7 Å². The molecule has 5 heteroatoms. The van der Waals surface area contributed by atoms with Crippen LogP contribution in [0.3, 0.4) is 0 Å². The van der Waals surface area contributed by atoms with Crippen LogP contribution in [-0.2, 0) is 4.79 Å². The second kappa shape index (κ2) is 6.63. The van der Waals surface area contributed by atoms with Crippen molar-refractivity contribution in [1.29, 1.82) is 0 Å². The Hall–Kier alpha value is -1.75. The minimum Gasteiger partial charge on any atom is -0.486 e. The van der Waals surface area contributed by atoms with Crippen LogP contribution in [0.15, 0.2) is 24.3 Å². The summed E-state index contributed by atoms with van der Waals surface area (Å²) in [5.74, 6) is 2.77. The van der Waals surface area contributed by atoms with Crippen LogP contribution < -0.4 is 14.8 Å². The van der Waals surface area contributed by atoms with Crippen LogP contribution >= 0.6 is 0 Å². The summed E-state index contributed by atoms with van der Waals surface area (Å²) >= 11 is 0. The molecule has 1 aromatic rings. The van der Waals surface area contributed by atoms with E-state index in [9.17, 15) is 4.79 Å². The Morgan fingerprint density at radius 3 is 2.83 bits per heavy atom. The Morgan fingerprint density at radius 1 is 1.25 bits per heavy atom. The first-order valence-corrected chi connectivity index (χ1v) is 9.12. The van der Waals surface area contributed by atoms with Gasteiger partial charge in [0.1, 0.15) is 12.7 Å². The molecule has 1 aromatic carbocycles. The van der Waals surface area contributed by atoms with Crippen LogP contribution in [0.2, 0.25) is 0 Å². The van der Waals surface area contributed by atoms with Gasteiger partial charge in [-0.3, -0.25) is 9.69 Å². The van der Waals surface area contributed by atoms with Crippen molar-refractivity contribution < 1.29 is 14.3 Å². The molecule has 24 heavy (non-hydrogen) atoms. The first-order valence-electron chi connectivity index (χ1n) is 9.12. The quantitative estimate of drug-likeness (QED) is 0.921. The van der Waals surface area contributed by atoms with Crippen LogP contribution in [0.4, 0.5) is 0 Å². The smallest absolute Gasteiger partial charge is 0.224 e. The minimum absolute atomic E-state index is 0.00799. The van der Waals surface area contributed by atoms with Crippen molar-refractivity contribution in [2.24, 2.45) is 11.8 Å². The number of amides is 1. The molecule has 0 aromatic heterocycles. The summed E-state index contributed by atoms with van der Waals surface area (Å²) in [6.45, 7) is 4.62. The molecule has 0 bridgehead atoms. The van der Waals surface area contributed by atoms with Crippen molar-refractivity contribution >= 4 is 5.91 Å². The lowest BCUT2D eigenvalue weighted by molar-refractivity contribution is -0.125. The zero-order valence-corrected chi connectivity index (χ0v) is 14.2. The normalized spacial score (nSPS) is 30.0. The Balaban J connectivity index is 1.39.